The lowest BCUT2D eigenvalue weighted by molar-refractivity contribution is 0.0759. The summed E-state index contributed by atoms with van der Waals surface area (Å²) in [5.74, 6) is 0.0449. The van der Waals surface area contributed by atoms with Crippen molar-refractivity contribution in [1.29, 1.82) is 0 Å². The van der Waals surface area contributed by atoms with Gasteiger partial charge in [-0.3, -0.25) is 9.48 Å². The number of nitrogens with one attached hydrogen (secondary N) is 1. The number of aromatic nitrogens is 3. The predicted octanol–water partition coefficient (Wildman–Crippen LogP) is 1.62. The molecule has 4 heterocycles. The van der Waals surface area contributed by atoms with E-state index in [0.717, 1.165) is 63.7 Å². The summed E-state index contributed by atoms with van der Waals surface area (Å²) in [6, 6.07) is 2.22. The van der Waals surface area contributed by atoms with E-state index < -0.39 is 0 Å². The van der Waals surface area contributed by atoms with Crippen molar-refractivity contribution in [3.8, 4) is 0 Å². The molecular formula is C17H24N6OS. The van der Waals surface area contributed by atoms with Gasteiger partial charge in [0.25, 0.3) is 5.91 Å². The van der Waals surface area contributed by atoms with Crippen LogP contribution in [0.3, 0.4) is 0 Å². The van der Waals surface area contributed by atoms with Gasteiger partial charge in [-0.1, -0.05) is 0 Å². The van der Waals surface area contributed by atoms with E-state index in [9.17, 15) is 4.79 Å². The normalized spacial score (nSPS) is 22.0. The lowest BCUT2D eigenvalue weighted by Crippen LogP contribution is -2.36. The van der Waals surface area contributed by atoms with Gasteiger partial charge in [0.2, 0.25) is 0 Å². The van der Waals surface area contributed by atoms with Gasteiger partial charge >= 0.3 is 0 Å². The number of anilines is 1. The fourth-order valence-electron chi connectivity index (χ4n) is 3.56. The van der Waals surface area contributed by atoms with Gasteiger partial charge in [-0.2, -0.15) is 5.10 Å². The zero-order valence-electron chi connectivity index (χ0n) is 14.3. The predicted molar refractivity (Wildman–Crippen MR) is 98.2 cm³/mol. The Bertz CT molecular complexity index is 694. The van der Waals surface area contributed by atoms with Crippen LogP contribution < -0.4 is 10.2 Å². The molecule has 0 radical (unpaired) electrons. The maximum Gasteiger partial charge on any atom is 0.274 e. The van der Waals surface area contributed by atoms with Crippen molar-refractivity contribution in [1.82, 2.24) is 25.0 Å². The van der Waals surface area contributed by atoms with E-state index in [1.165, 1.54) is 0 Å². The van der Waals surface area contributed by atoms with Gasteiger partial charge in [-0.15, -0.1) is 11.3 Å². The molecule has 0 aromatic carbocycles. The van der Waals surface area contributed by atoms with Gasteiger partial charge in [0.15, 0.2) is 5.13 Å². The molecule has 0 saturated carbocycles. The molecule has 1 amide bonds. The van der Waals surface area contributed by atoms with Crippen LogP contribution in [-0.2, 0) is 0 Å². The van der Waals surface area contributed by atoms with Gasteiger partial charge in [0, 0.05) is 50.5 Å². The molecule has 1 atom stereocenters. The van der Waals surface area contributed by atoms with Crippen molar-refractivity contribution in [2.75, 3.05) is 44.2 Å². The molecule has 4 rings (SSSR count). The fraction of sp³-hybridized carbons (Fsp3) is 0.588. The average molecular weight is 360 g/mol. The highest BCUT2D eigenvalue weighted by Gasteiger charge is 2.24. The maximum absolute atomic E-state index is 12.8. The molecule has 2 fully saturated rings. The molecule has 134 valence electrons. The number of hydrogen-bond acceptors (Lipinski definition) is 6. The fourth-order valence-corrected chi connectivity index (χ4v) is 4.26. The van der Waals surface area contributed by atoms with E-state index in [1.54, 1.807) is 11.3 Å². The number of rotatable bonds is 3. The smallest absolute Gasteiger partial charge is 0.274 e. The Labute approximate surface area is 151 Å². The molecule has 2 aromatic rings. The third-order valence-electron chi connectivity index (χ3n) is 4.95. The molecule has 1 unspecified atom stereocenters. The Balaban J connectivity index is 1.40. The molecule has 2 aliphatic rings. The van der Waals surface area contributed by atoms with E-state index >= 15 is 0 Å². The monoisotopic (exact) mass is 360 g/mol. The molecule has 7 nitrogen and oxygen atoms in total. The largest absolute Gasteiger partial charge is 0.346 e. The number of nitrogens with zero attached hydrogens (tertiary/aromatic N) is 5. The number of carbonyl (C=O) groups is 1. The third kappa shape index (κ3) is 3.69. The zero-order valence-corrected chi connectivity index (χ0v) is 15.1. The summed E-state index contributed by atoms with van der Waals surface area (Å²) in [5, 5.41) is 11.0. The number of hydrogen-bond donors (Lipinski definition) is 1. The highest BCUT2D eigenvalue weighted by Crippen LogP contribution is 2.20. The zero-order chi connectivity index (χ0) is 17.1. The van der Waals surface area contributed by atoms with E-state index in [2.05, 4.69) is 20.3 Å². The quantitative estimate of drug-likeness (QED) is 0.901. The first kappa shape index (κ1) is 16.5. The summed E-state index contributed by atoms with van der Waals surface area (Å²) in [5.41, 5.74) is 0.563. The van der Waals surface area contributed by atoms with Gasteiger partial charge in [-0.25, -0.2) is 4.98 Å². The van der Waals surface area contributed by atoms with E-state index in [0.29, 0.717) is 11.7 Å². The van der Waals surface area contributed by atoms with Crippen LogP contribution in [0.1, 0.15) is 35.8 Å². The lowest BCUT2D eigenvalue weighted by atomic mass is 10.1. The SMILES string of the molecule is O=C(c1ccn(C2CCCNC2)n1)N1CCCN(c2nccs2)CC1. The molecule has 1 N–H and O–H groups in total. The van der Waals surface area contributed by atoms with Crippen molar-refractivity contribution in [3.63, 3.8) is 0 Å². The summed E-state index contributed by atoms with van der Waals surface area (Å²) >= 11 is 1.65. The highest BCUT2D eigenvalue weighted by molar-refractivity contribution is 7.13. The van der Waals surface area contributed by atoms with Crippen LogP contribution in [0, 0.1) is 0 Å². The second kappa shape index (κ2) is 7.53. The summed E-state index contributed by atoms with van der Waals surface area (Å²) < 4.78 is 1.96. The van der Waals surface area contributed by atoms with E-state index in [-0.39, 0.29) is 5.91 Å². The Morgan fingerprint density at radius 3 is 3.00 bits per heavy atom. The minimum Gasteiger partial charge on any atom is -0.346 e. The number of piperidine rings is 1. The number of amides is 1. The van der Waals surface area contributed by atoms with Crippen LogP contribution in [0.25, 0.3) is 0 Å². The Morgan fingerprint density at radius 2 is 2.20 bits per heavy atom. The number of thiazole rings is 1. The van der Waals surface area contributed by atoms with Crippen LogP contribution in [0.15, 0.2) is 23.8 Å². The van der Waals surface area contributed by atoms with Gasteiger partial charge in [0.05, 0.1) is 6.04 Å². The minimum absolute atomic E-state index is 0.0449. The Morgan fingerprint density at radius 1 is 1.24 bits per heavy atom. The van der Waals surface area contributed by atoms with Crippen molar-refractivity contribution >= 4 is 22.4 Å². The van der Waals surface area contributed by atoms with Crippen LogP contribution in [0.4, 0.5) is 5.13 Å². The van der Waals surface area contributed by atoms with Crippen molar-refractivity contribution in [2.24, 2.45) is 0 Å². The Hall–Kier alpha value is -1.93. The third-order valence-corrected chi connectivity index (χ3v) is 5.78. The highest BCUT2D eigenvalue weighted by atomic mass is 32.1. The summed E-state index contributed by atoms with van der Waals surface area (Å²) in [7, 11) is 0. The second-order valence-electron chi connectivity index (χ2n) is 6.63. The van der Waals surface area contributed by atoms with Gasteiger partial charge in [0.1, 0.15) is 5.69 Å². The molecular weight excluding hydrogens is 336 g/mol. The van der Waals surface area contributed by atoms with Crippen LogP contribution in [-0.4, -0.2) is 64.8 Å². The average Bonchev–Trinajstić information content (AvgIpc) is 3.30. The van der Waals surface area contributed by atoms with Gasteiger partial charge < -0.3 is 15.1 Å². The van der Waals surface area contributed by atoms with Crippen molar-refractivity contribution < 1.29 is 4.79 Å². The molecule has 0 bridgehead atoms. The summed E-state index contributed by atoms with van der Waals surface area (Å²) in [6.07, 6.45) is 7.02. The first-order valence-corrected chi connectivity index (χ1v) is 9.89. The van der Waals surface area contributed by atoms with Crippen LogP contribution >= 0.6 is 11.3 Å². The molecule has 2 saturated heterocycles. The maximum atomic E-state index is 12.8. The van der Waals surface area contributed by atoms with E-state index in [1.807, 2.05) is 33.4 Å². The molecule has 25 heavy (non-hydrogen) atoms. The van der Waals surface area contributed by atoms with Crippen molar-refractivity contribution in [3.05, 3.63) is 29.5 Å². The molecule has 2 aromatic heterocycles. The topological polar surface area (TPSA) is 66.3 Å². The molecule has 8 heteroatoms. The Kier molecular flexibility index (Phi) is 4.98. The van der Waals surface area contributed by atoms with E-state index in [4.69, 9.17) is 0 Å². The first-order valence-electron chi connectivity index (χ1n) is 9.01. The first-order chi connectivity index (χ1) is 12.3. The molecule has 2 aliphatic heterocycles. The minimum atomic E-state index is 0.0449. The van der Waals surface area contributed by atoms with Crippen molar-refractivity contribution in [2.45, 2.75) is 25.3 Å². The van der Waals surface area contributed by atoms with Crippen LogP contribution in [0.5, 0.6) is 0 Å². The summed E-state index contributed by atoms with van der Waals surface area (Å²) in [6.45, 7) is 5.27. The summed E-state index contributed by atoms with van der Waals surface area (Å²) in [4.78, 5) is 21.4. The lowest BCUT2D eigenvalue weighted by Gasteiger charge is -2.23. The standard InChI is InChI=1S/C17H24N6OS/c24-16(15-4-9-23(20-15)14-3-1-5-18-13-14)21-7-2-8-22(11-10-21)17-19-6-12-25-17/h4,6,9,12,14,18H,1-3,5,7-8,10-11,13H2. The van der Waals surface area contributed by atoms with Crippen LogP contribution in [0.2, 0.25) is 0 Å². The number of carbonyl (C=O) groups excluding carboxylic acids is 1. The molecule has 0 spiro atoms. The molecule has 0 aliphatic carbocycles. The van der Waals surface area contributed by atoms with Gasteiger partial charge in [-0.05, 0) is 31.9 Å². The second-order valence-corrected chi connectivity index (χ2v) is 7.50.